The second kappa shape index (κ2) is 7.64. The first-order valence-electron chi connectivity index (χ1n) is 8.37. The number of urea groups is 1. The fourth-order valence-corrected chi connectivity index (χ4v) is 3.33. The molecule has 1 N–H and O–H groups in total. The zero-order valence-electron chi connectivity index (χ0n) is 13.3. The first kappa shape index (κ1) is 16.1. The van der Waals surface area contributed by atoms with E-state index in [-0.39, 0.29) is 11.8 Å². The summed E-state index contributed by atoms with van der Waals surface area (Å²) >= 11 is 0. The second-order valence-corrected chi connectivity index (χ2v) is 6.18. The fourth-order valence-electron chi connectivity index (χ4n) is 3.33. The van der Waals surface area contributed by atoms with Gasteiger partial charge >= 0.3 is 6.03 Å². The molecular weight excluding hydrogens is 297 g/mol. The van der Waals surface area contributed by atoms with E-state index in [9.17, 15) is 9.18 Å². The molecule has 23 heavy (non-hydrogen) atoms. The van der Waals surface area contributed by atoms with Crippen LogP contribution in [0.15, 0.2) is 24.3 Å². The van der Waals surface area contributed by atoms with E-state index in [4.69, 9.17) is 4.74 Å². The monoisotopic (exact) mass is 321 g/mol. The summed E-state index contributed by atoms with van der Waals surface area (Å²) in [7, 11) is 0. The van der Waals surface area contributed by atoms with Crippen LogP contribution in [0.1, 0.15) is 19.3 Å². The Morgan fingerprint density at radius 1 is 1.26 bits per heavy atom. The van der Waals surface area contributed by atoms with Gasteiger partial charge in [0.1, 0.15) is 11.6 Å². The molecule has 0 spiro atoms. The number of halogens is 1. The standard InChI is InChI=1S/C17H24FN3O2/c18-14-4-6-16(7-5-14)23-12-2-10-20-9-1-3-15(13-20)21-11-8-19-17(21)22/h4-7,15H,1-3,8-13H2,(H,19,22). The molecule has 1 aromatic rings. The van der Waals surface area contributed by atoms with Gasteiger partial charge in [0.05, 0.1) is 6.61 Å². The maximum Gasteiger partial charge on any atom is 0.317 e. The van der Waals surface area contributed by atoms with Crippen molar-refractivity contribution in [2.24, 2.45) is 0 Å². The van der Waals surface area contributed by atoms with Crippen molar-refractivity contribution in [3.05, 3.63) is 30.1 Å². The molecule has 2 aliphatic rings. The summed E-state index contributed by atoms with van der Waals surface area (Å²) in [6.45, 7) is 5.21. The van der Waals surface area contributed by atoms with Crippen molar-refractivity contribution in [1.82, 2.24) is 15.1 Å². The number of carbonyl (C=O) groups is 1. The Kier molecular flexibility index (Phi) is 5.33. The average molecular weight is 321 g/mol. The summed E-state index contributed by atoms with van der Waals surface area (Å²) in [5.74, 6) is 0.458. The molecule has 0 bridgehead atoms. The van der Waals surface area contributed by atoms with E-state index in [1.807, 2.05) is 4.90 Å². The van der Waals surface area contributed by atoms with Crippen LogP contribution in [0.3, 0.4) is 0 Å². The van der Waals surface area contributed by atoms with E-state index in [1.54, 1.807) is 12.1 Å². The van der Waals surface area contributed by atoms with E-state index in [2.05, 4.69) is 10.2 Å². The van der Waals surface area contributed by atoms with Gasteiger partial charge in [0.25, 0.3) is 0 Å². The van der Waals surface area contributed by atoms with Crippen LogP contribution in [-0.2, 0) is 0 Å². The smallest absolute Gasteiger partial charge is 0.317 e. The summed E-state index contributed by atoms with van der Waals surface area (Å²) in [5.41, 5.74) is 0. The third-order valence-electron chi connectivity index (χ3n) is 4.51. The highest BCUT2D eigenvalue weighted by Crippen LogP contribution is 2.18. The largest absolute Gasteiger partial charge is 0.494 e. The lowest BCUT2D eigenvalue weighted by atomic mass is 10.0. The average Bonchev–Trinajstić information content (AvgIpc) is 3.00. The number of rotatable bonds is 6. The molecule has 0 saturated carbocycles. The summed E-state index contributed by atoms with van der Waals surface area (Å²) in [6.07, 6.45) is 3.15. The van der Waals surface area contributed by atoms with Crippen molar-refractivity contribution >= 4 is 6.03 Å². The zero-order valence-corrected chi connectivity index (χ0v) is 13.3. The summed E-state index contributed by atoms with van der Waals surface area (Å²) in [5, 5.41) is 2.88. The first-order valence-corrected chi connectivity index (χ1v) is 8.37. The lowest BCUT2D eigenvalue weighted by Gasteiger charge is -2.37. The summed E-state index contributed by atoms with van der Waals surface area (Å²) in [6, 6.07) is 6.54. The Bertz CT molecular complexity index is 523. The van der Waals surface area contributed by atoms with Crippen molar-refractivity contribution in [2.75, 3.05) is 39.3 Å². The predicted octanol–water partition coefficient (Wildman–Crippen LogP) is 2.08. The number of piperidine rings is 1. The van der Waals surface area contributed by atoms with Gasteiger partial charge in [-0.1, -0.05) is 0 Å². The molecule has 3 rings (SSSR count). The lowest BCUT2D eigenvalue weighted by Crippen LogP contribution is -2.49. The topological polar surface area (TPSA) is 44.8 Å². The Hall–Kier alpha value is -1.82. The van der Waals surface area contributed by atoms with Gasteiger partial charge in [-0.25, -0.2) is 9.18 Å². The molecule has 2 heterocycles. The first-order chi connectivity index (χ1) is 11.2. The van der Waals surface area contributed by atoms with E-state index in [0.717, 1.165) is 52.0 Å². The summed E-state index contributed by atoms with van der Waals surface area (Å²) < 4.78 is 18.4. The quantitative estimate of drug-likeness (QED) is 0.816. The minimum absolute atomic E-state index is 0.0801. The molecule has 126 valence electrons. The van der Waals surface area contributed by atoms with Gasteiger partial charge in [0.2, 0.25) is 0 Å². The van der Waals surface area contributed by atoms with Crippen LogP contribution in [0.2, 0.25) is 0 Å². The van der Waals surface area contributed by atoms with Crippen LogP contribution in [0.5, 0.6) is 5.75 Å². The van der Waals surface area contributed by atoms with Gasteiger partial charge in [0, 0.05) is 32.2 Å². The Morgan fingerprint density at radius 2 is 2.09 bits per heavy atom. The predicted molar refractivity (Wildman–Crippen MR) is 86.1 cm³/mol. The van der Waals surface area contributed by atoms with Gasteiger partial charge in [-0.15, -0.1) is 0 Å². The van der Waals surface area contributed by atoms with Crippen molar-refractivity contribution in [1.29, 1.82) is 0 Å². The van der Waals surface area contributed by atoms with Crippen LogP contribution in [0, 0.1) is 5.82 Å². The zero-order chi connectivity index (χ0) is 16.1. The molecule has 1 aromatic carbocycles. The van der Waals surface area contributed by atoms with Gasteiger partial charge < -0.3 is 19.9 Å². The normalized spacial score (nSPS) is 22.2. The van der Waals surface area contributed by atoms with Crippen molar-refractivity contribution in [2.45, 2.75) is 25.3 Å². The van der Waals surface area contributed by atoms with Crippen molar-refractivity contribution in [3.8, 4) is 5.75 Å². The summed E-state index contributed by atoms with van der Waals surface area (Å²) in [4.78, 5) is 16.2. The number of nitrogens with zero attached hydrogens (tertiary/aromatic N) is 2. The molecule has 0 aliphatic carbocycles. The number of benzene rings is 1. The third-order valence-corrected chi connectivity index (χ3v) is 4.51. The minimum Gasteiger partial charge on any atom is -0.494 e. The van der Waals surface area contributed by atoms with Crippen LogP contribution in [0.25, 0.3) is 0 Å². The Labute approximate surface area is 136 Å². The number of amides is 2. The van der Waals surface area contributed by atoms with Crippen molar-refractivity contribution in [3.63, 3.8) is 0 Å². The number of likely N-dealkylation sites (tertiary alicyclic amines) is 1. The minimum atomic E-state index is -0.248. The van der Waals surface area contributed by atoms with Gasteiger partial charge in [-0.2, -0.15) is 0 Å². The van der Waals surface area contributed by atoms with Gasteiger partial charge in [-0.3, -0.25) is 0 Å². The lowest BCUT2D eigenvalue weighted by molar-refractivity contribution is 0.121. The molecule has 0 radical (unpaired) electrons. The van der Waals surface area contributed by atoms with Gasteiger partial charge in [-0.05, 0) is 50.1 Å². The number of hydrogen-bond acceptors (Lipinski definition) is 3. The van der Waals surface area contributed by atoms with Crippen LogP contribution >= 0.6 is 0 Å². The number of hydrogen-bond donors (Lipinski definition) is 1. The Balaban J connectivity index is 1.38. The Morgan fingerprint density at radius 3 is 2.83 bits per heavy atom. The molecule has 6 heteroatoms. The molecular formula is C17H24FN3O2. The number of ether oxygens (including phenoxy) is 1. The molecule has 2 fully saturated rings. The van der Waals surface area contributed by atoms with E-state index >= 15 is 0 Å². The highest BCUT2D eigenvalue weighted by atomic mass is 19.1. The SMILES string of the molecule is O=C1NCCN1C1CCCN(CCCOc2ccc(F)cc2)C1. The molecule has 1 unspecified atom stereocenters. The van der Waals surface area contributed by atoms with E-state index in [1.165, 1.54) is 12.1 Å². The van der Waals surface area contributed by atoms with Crippen molar-refractivity contribution < 1.29 is 13.9 Å². The van der Waals surface area contributed by atoms with E-state index < -0.39 is 0 Å². The van der Waals surface area contributed by atoms with Crippen LogP contribution in [0.4, 0.5) is 9.18 Å². The van der Waals surface area contributed by atoms with Crippen LogP contribution in [-0.4, -0.2) is 61.2 Å². The fraction of sp³-hybridized carbons (Fsp3) is 0.588. The maximum absolute atomic E-state index is 12.8. The molecule has 0 aromatic heterocycles. The molecule has 1 atom stereocenters. The van der Waals surface area contributed by atoms with E-state index in [0.29, 0.717) is 18.4 Å². The second-order valence-electron chi connectivity index (χ2n) is 6.18. The number of nitrogens with one attached hydrogen (secondary N) is 1. The van der Waals surface area contributed by atoms with Gasteiger partial charge in [0.15, 0.2) is 0 Å². The highest BCUT2D eigenvalue weighted by Gasteiger charge is 2.30. The maximum atomic E-state index is 12.8. The highest BCUT2D eigenvalue weighted by molar-refractivity contribution is 5.76. The molecule has 5 nitrogen and oxygen atoms in total. The molecule has 2 aliphatic heterocycles. The number of carbonyl (C=O) groups excluding carboxylic acids is 1. The van der Waals surface area contributed by atoms with Crippen LogP contribution < -0.4 is 10.1 Å². The third kappa shape index (κ3) is 4.34. The molecule has 2 saturated heterocycles. The molecule has 2 amide bonds.